The maximum atomic E-state index is 12.6. The lowest BCUT2D eigenvalue weighted by atomic mass is 10.1. The van der Waals surface area contributed by atoms with Crippen LogP contribution in [0.3, 0.4) is 0 Å². The van der Waals surface area contributed by atoms with Crippen molar-refractivity contribution in [1.29, 1.82) is 0 Å². The first kappa shape index (κ1) is 21.9. The van der Waals surface area contributed by atoms with E-state index in [9.17, 15) is 13.2 Å². The lowest BCUT2D eigenvalue weighted by Gasteiger charge is -2.28. The largest absolute Gasteiger partial charge is 0.492 e. The van der Waals surface area contributed by atoms with E-state index in [4.69, 9.17) is 16.3 Å². The fraction of sp³-hybridized carbons (Fsp3) is 0.227. The summed E-state index contributed by atoms with van der Waals surface area (Å²) in [5.74, 6) is 0.285. The molecule has 1 N–H and O–H groups in total. The summed E-state index contributed by atoms with van der Waals surface area (Å²) in [6, 6.07) is 19.1. The van der Waals surface area contributed by atoms with Gasteiger partial charge in [0.15, 0.2) is 0 Å². The van der Waals surface area contributed by atoms with Crippen LogP contribution in [0.4, 0.5) is 5.69 Å². The molecule has 0 aromatic heterocycles. The summed E-state index contributed by atoms with van der Waals surface area (Å²) >= 11 is 5.88. The summed E-state index contributed by atoms with van der Waals surface area (Å²) in [6.07, 6.45) is 1.06. The van der Waals surface area contributed by atoms with Gasteiger partial charge in [0.2, 0.25) is 15.9 Å². The van der Waals surface area contributed by atoms with Crippen molar-refractivity contribution in [1.82, 2.24) is 5.32 Å². The minimum absolute atomic E-state index is 0.244. The second kappa shape index (κ2) is 9.36. The van der Waals surface area contributed by atoms with Gasteiger partial charge in [0.1, 0.15) is 18.4 Å². The zero-order valence-electron chi connectivity index (χ0n) is 16.7. The summed E-state index contributed by atoms with van der Waals surface area (Å²) in [6.45, 7) is 2.04. The Bertz CT molecular complexity index is 1130. The van der Waals surface area contributed by atoms with Crippen molar-refractivity contribution in [2.75, 3.05) is 23.7 Å². The minimum Gasteiger partial charge on any atom is -0.492 e. The Morgan fingerprint density at radius 2 is 1.73 bits per heavy atom. The smallest absolute Gasteiger partial charge is 0.243 e. The van der Waals surface area contributed by atoms with Gasteiger partial charge in [-0.05, 0) is 54.1 Å². The number of fused-ring (bicyclic) bond motifs is 1. The molecule has 0 aliphatic heterocycles. The summed E-state index contributed by atoms with van der Waals surface area (Å²) in [5.41, 5.74) is 0.372. The summed E-state index contributed by atoms with van der Waals surface area (Å²) < 4.78 is 31.3. The monoisotopic (exact) mass is 446 g/mol. The standard InChI is InChI=1S/C22H23ClN2O4S/c1-16(25(30(2,27)28)20-10-8-19(23)9-11-20)22(26)24-13-14-29-21-12-7-17-5-3-4-6-18(17)15-21/h3-12,15-16H,13-14H2,1-2H3,(H,24,26). The van der Waals surface area contributed by atoms with Crippen molar-refractivity contribution in [3.8, 4) is 5.75 Å². The average molecular weight is 447 g/mol. The van der Waals surface area contributed by atoms with Gasteiger partial charge in [-0.3, -0.25) is 9.10 Å². The number of halogens is 1. The van der Waals surface area contributed by atoms with Crippen LogP contribution in [-0.2, 0) is 14.8 Å². The maximum absolute atomic E-state index is 12.6. The molecule has 0 aliphatic carbocycles. The maximum Gasteiger partial charge on any atom is 0.243 e. The SMILES string of the molecule is CC(C(=O)NCCOc1ccc2ccccc2c1)N(c1ccc(Cl)cc1)S(C)(=O)=O. The van der Waals surface area contributed by atoms with Crippen molar-refractivity contribution < 1.29 is 17.9 Å². The first-order valence-corrected chi connectivity index (χ1v) is 11.6. The molecule has 1 unspecified atom stereocenters. The quantitative estimate of drug-likeness (QED) is 0.533. The fourth-order valence-electron chi connectivity index (χ4n) is 3.14. The van der Waals surface area contributed by atoms with Crippen LogP contribution >= 0.6 is 11.6 Å². The number of nitrogens with one attached hydrogen (secondary N) is 1. The second-order valence-corrected chi connectivity index (χ2v) is 9.16. The number of amides is 1. The first-order chi connectivity index (χ1) is 14.3. The molecule has 0 fully saturated rings. The van der Waals surface area contributed by atoms with E-state index in [0.29, 0.717) is 16.5 Å². The molecule has 6 nitrogen and oxygen atoms in total. The number of nitrogens with zero attached hydrogens (tertiary/aromatic N) is 1. The van der Waals surface area contributed by atoms with Crippen LogP contribution in [-0.4, -0.2) is 39.8 Å². The van der Waals surface area contributed by atoms with E-state index in [2.05, 4.69) is 5.32 Å². The Morgan fingerprint density at radius 1 is 1.07 bits per heavy atom. The summed E-state index contributed by atoms with van der Waals surface area (Å²) in [7, 11) is -3.67. The Labute approximate surface area is 181 Å². The number of rotatable bonds is 8. The molecule has 3 rings (SSSR count). The van der Waals surface area contributed by atoms with Gasteiger partial charge in [-0.25, -0.2) is 8.42 Å². The van der Waals surface area contributed by atoms with E-state index in [1.807, 2.05) is 42.5 Å². The lowest BCUT2D eigenvalue weighted by molar-refractivity contribution is -0.121. The van der Waals surface area contributed by atoms with Gasteiger partial charge in [0.05, 0.1) is 18.5 Å². The van der Waals surface area contributed by atoms with Gasteiger partial charge in [-0.15, -0.1) is 0 Å². The average Bonchev–Trinajstić information content (AvgIpc) is 2.71. The van der Waals surface area contributed by atoms with E-state index in [-0.39, 0.29) is 13.2 Å². The highest BCUT2D eigenvalue weighted by atomic mass is 35.5. The van der Waals surface area contributed by atoms with Crippen molar-refractivity contribution in [3.05, 3.63) is 71.8 Å². The molecule has 0 saturated carbocycles. The van der Waals surface area contributed by atoms with Crippen LogP contribution in [0.5, 0.6) is 5.75 Å². The zero-order valence-corrected chi connectivity index (χ0v) is 18.3. The van der Waals surface area contributed by atoms with E-state index < -0.39 is 22.0 Å². The highest BCUT2D eigenvalue weighted by molar-refractivity contribution is 7.92. The van der Waals surface area contributed by atoms with Crippen LogP contribution in [0.2, 0.25) is 5.02 Å². The van der Waals surface area contributed by atoms with Gasteiger partial charge in [-0.2, -0.15) is 0 Å². The highest BCUT2D eigenvalue weighted by Crippen LogP contribution is 2.23. The molecule has 158 valence electrons. The normalized spacial score (nSPS) is 12.4. The fourth-order valence-corrected chi connectivity index (χ4v) is 4.45. The molecule has 0 bridgehead atoms. The number of anilines is 1. The molecule has 0 aliphatic rings. The second-order valence-electron chi connectivity index (χ2n) is 6.86. The molecule has 0 spiro atoms. The molecule has 3 aromatic rings. The van der Waals surface area contributed by atoms with Crippen molar-refractivity contribution in [2.24, 2.45) is 0 Å². The molecule has 0 saturated heterocycles. The number of sulfonamides is 1. The Morgan fingerprint density at radius 3 is 2.40 bits per heavy atom. The molecule has 3 aromatic carbocycles. The van der Waals surface area contributed by atoms with E-state index in [1.54, 1.807) is 24.3 Å². The van der Waals surface area contributed by atoms with Gasteiger partial charge in [0.25, 0.3) is 0 Å². The molecule has 1 amide bonds. The number of hydrogen-bond acceptors (Lipinski definition) is 4. The number of carbonyl (C=O) groups excluding carboxylic acids is 1. The molecular formula is C22H23ClN2O4S. The predicted octanol–water partition coefficient (Wildman–Crippen LogP) is 3.84. The van der Waals surface area contributed by atoms with Crippen molar-refractivity contribution >= 4 is 44.0 Å². The molecular weight excluding hydrogens is 424 g/mol. The Hall–Kier alpha value is -2.77. The number of ether oxygens (including phenoxy) is 1. The predicted molar refractivity (Wildman–Crippen MR) is 121 cm³/mol. The summed E-state index contributed by atoms with van der Waals surface area (Å²) in [5, 5.41) is 5.40. The van der Waals surface area contributed by atoms with Crippen LogP contribution in [0, 0.1) is 0 Å². The number of carbonyl (C=O) groups is 1. The third-order valence-electron chi connectivity index (χ3n) is 4.56. The summed E-state index contributed by atoms with van der Waals surface area (Å²) in [4.78, 5) is 12.6. The van der Waals surface area contributed by atoms with Crippen LogP contribution in [0.15, 0.2) is 66.7 Å². The van der Waals surface area contributed by atoms with Crippen molar-refractivity contribution in [2.45, 2.75) is 13.0 Å². The molecule has 30 heavy (non-hydrogen) atoms. The van der Waals surface area contributed by atoms with Crippen molar-refractivity contribution in [3.63, 3.8) is 0 Å². The van der Waals surface area contributed by atoms with Crippen LogP contribution < -0.4 is 14.4 Å². The lowest BCUT2D eigenvalue weighted by Crippen LogP contribution is -2.48. The topological polar surface area (TPSA) is 75.7 Å². The minimum atomic E-state index is -3.67. The molecule has 0 heterocycles. The Kier molecular flexibility index (Phi) is 6.84. The molecule has 1 atom stereocenters. The third kappa shape index (κ3) is 5.43. The van der Waals surface area contributed by atoms with E-state index in [0.717, 1.165) is 21.3 Å². The van der Waals surface area contributed by atoms with Gasteiger partial charge in [-0.1, -0.05) is 41.9 Å². The zero-order chi connectivity index (χ0) is 21.7. The van der Waals surface area contributed by atoms with Crippen LogP contribution in [0.25, 0.3) is 10.8 Å². The number of hydrogen-bond donors (Lipinski definition) is 1. The molecule has 8 heteroatoms. The highest BCUT2D eigenvalue weighted by Gasteiger charge is 2.28. The van der Waals surface area contributed by atoms with E-state index in [1.165, 1.54) is 6.92 Å². The third-order valence-corrected chi connectivity index (χ3v) is 6.05. The number of benzene rings is 3. The van der Waals surface area contributed by atoms with Gasteiger partial charge >= 0.3 is 0 Å². The van der Waals surface area contributed by atoms with E-state index >= 15 is 0 Å². The molecule has 0 radical (unpaired) electrons. The van der Waals surface area contributed by atoms with Gasteiger partial charge < -0.3 is 10.1 Å². The van der Waals surface area contributed by atoms with Gasteiger partial charge in [0, 0.05) is 5.02 Å². The van der Waals surface area contributed by atoms with Crippen LogP contribution in [0.1, 0.15) is 6.92 Å². The first-order valence-electron chi connectivity index (χ1n) is 9.40. The Balaban J connectivity index is 1.58.